The van der Waals surface area contributed by atoms with Crippen molar-refractivity contribution in [1.29, 1.82) is 0 Å². The summed E-state index contributed by atoms with van der Waals surface area (Å²) in [5.74, 6) is 1.96. The van der Waals surface area contributed by atoms with Gasteiger partial charge in [-0.1, -0.05) is 44.2 Å². The van der Waals surface area contributed by atoms with Crippen molar-refractivity contribution in [3.8, 4) is 0 Å². The Morgan fingerprint density at radius 2 is 2.06 bits per heavy atom. The molecule has 0 saturated carbocycles. The molecule has 2 N–H and O–H groups in total. The molecular weight excluding hydrogens is 238 g/mol. The summed E-state index contributed by atoms with van der Waals surface area (Å²) in [5.41, 5.74) is 9.85. The first-order chi connectivity index (χ1) is 8.70. The van der Waals surface area contributed by atoms with Crippen molar-refractivity contribution in [2.45, 2.75) is 20.3 Å². The van der Waals surface area contributed by atoms with Crippen molar-refractivity contribution in [3.05, 3.63) is 58.7 Å². The largest absolute Gasteiger partial charge is 0.398 e. The van der Waals surface area contributed by atoms with Crippen LogP contribution in [0.15, 0.2) is 58.7 Å². The van der Waals surface area contributed by atoms with Crippen LogP contribution < -0.4 is 5.73 Å². The molecule has 2 rings (SSSR count). The van der Waals surface area contributed by atoms with Crippen LogP contribution in [-0.2, 0) is 0 Å². The topological polar surface area (TPSA) is 26.0 Å². The number of allylic oxidation sites excluding steroid dienone is 7. The molecule has 0 fully saturated rings. The first-order valence-corrected chi connectivity index (χ1v) is 7.56. The normalized spacial score (nSPS) is 35.1. The Bertz CT molecular complexity index is 452. The molecule has 18 heavy (non-hydrogen) atoms. The SMILES string of the molecule is CC1CC=CC(N)=C1/C1=C/SC/C=C\C=C/C1C. The van der Waals surface area contributed by atoms with Crippen molar-refractivity contribution in [2.75, 3.05) is 5.75 Å². The highest BCUT2D eigenvalue weighted by Crippen LogP contribution is 2.35. The van der Waals surface area contributed by atoms with Gasteiger partial charge in [0, 0.05) is 17.4 Å². The highest BCUT2D eigenvalue weighted by molar-refractivity contribution is 8.02. The average Bonchev–Trinajstić information content (AvgIpc) is 2.43. The van der Waals surface area contributed by atoms with E-state index in [0.717, 1.165) is 17.9 Å². The van der Waals surface area contributed by atoms with E-state index in [9.17, 15) is 0 Å². The van der Waals surface area contributed by atoms with Gasteiger partial charge >= 0.3 is 0 Å². The lowest BCUT2D eigenvalue weighted by Crippen LogP contribution is -2.15. The van der Waals surface area contributed by atoms with Crippen LogP contribution in [0.25, 0.3) is 0 Å². The van der Waals surface area contributed by atoms with Gasteiger partial charge < -0.3 is 5.73 Å². The molecule has 0 aromatic heterocycles. The van der Waals surface area contributed by atoms with Gasteiger partial charge in [-0.3, -0.25) is 0 Å². The summed E-state index contributed by atoms with van der Waals surface area (Å²) in [6.45, 7) is 4.51. The summed E-state index contributed by atoms with van der Waals surface area (Å²) >= 11 is 1.85. The lowest BCUT2D eigenvalue weighted by atomic mass is 9.82. The van der Waals surface area contributed by atoms with E-state index in [1.807, 2.05) is 11.8 Å². The number of hydrogen-bond acceptors (Lipinski definition) is 2. The molecular formula is C16H21NS. The highest BCUT2D eigenvalue weighted by atomic mass is 32.2. The van der Waals surface area contributed by atoms with Crippen LogP contribution in [0.2, 0.25) is 0 Å². The molecule has 1 nitrogen and oxygen atoms in total. The van der Waals surface area contributed by atoms with Crippen LogP contribution in [0.4, 0.5) is 0 Å². The second kappa shape index (κ2) is 6.14. The lowest BCUT2D eigenvalue weighted by molar-refractivity contribution is 0.661. The zero-order valence-electron chi connectivity index (χ0n) is 11.1. The first-order valence-electron chi connectivity index (χ1n) is 6.51. The third-order valence-corrected chi connectivity index (χ3v) is 4.25. The molecule has 2 unspecified atom stereocenters. The maximum atomic E-state index is 6.19. The zero-order chi connectivity index (χ0) is 13.0. The Labute approximate surface area is 114 Å². The van der Waals surface area contributed by atoms with Crippen LogP contribution in [0.1, 0.15) is 20.3 Å². The summed E-state index contributed by atoms with van der Waals surface area (Å²) in [5, 5.41) is 2.29. The van der Waals surface area contributed by atoms with Gasteiger partial charge in [0.2, 0.25) is 0 Å². The Hall–Kier alpha value is -1.15. The molecule has 96 valence electrons. The molecule has 0 amide bonds. The summed E-state index contributed by atoms with van der Waals surface area (Å²) in [7, 11) is 0. The van der Waals surface area contributed by atoms with E-state index >= 15 is 0 Å². The van der Waals surface area contributed by atoms with Gasteiger partial charge in [0.1, 0.15) is 0 Å². The molecule has 2 heteroatoms. The molecule has 0 aromatic rings. The molecule has 0 bridgehead atoms. The lowest BCUT2D eigenvalue weighted by Gasteiger charge is -2.25. The van der Waals surface area contributed by atoms with Gasteiger partial charge in [0.15, 0.2) is 0 Å². The van der Waals surface area contributed by atoms with Crippen molar-refractivity contribution in [1.82, 2.24) is 0 Å². The zero-order valence-corrected chi connectivity index (χ0v) is 11.9. The Morgan fingerprint density at radius 3 is 2.83 bits per heavy atom. The van der Waals surface area contributed by atoms with E-state index in [4.69, 9.17) is 5.73 Å². The van der Waals surface area contributed by atoms with Crippen LogP contribution >= 0.6 is 11.8 Å². The van der Waals surface area contributed by atoms with Crippen molar-refractivity contribution >= 4 is 11.8 Å². The molecule has 2 aliphatic rings. The monoisotopic (exact) mass is 259 g/mol. The Balaban J connectivity index is 2.37. The average molecular weight is 259 g/mol. The van der Waals surface area contributed by atoms with E-state index in [1.165, 1.54) is 11.1 Å². The predicted octanol–water partition coefficient (Wildman–Crippen LogP) is 4.17. The number of nitrogens with two attached hydrogens (primary N) is 1. The van der Waals surface area contributed by atoms with Gasteiger partial charge in [-0.25, -0.2) is 0 Å². The van der Waals surface area contributed by atoms with Crippen LogP contribution in [-0.4, -0.2) is 5.75 Å². The quantitative estimate of drug-likeness (QED) is 0.764. The molecule has 0 spiro atoms. The minimum atomic E-state index is 0.419. The van der Waals surface area contributed by atoms with Gasteiger partial charge in [-0.15, -0.1) is 11.8 Å². The maximum Gasteiger partial charge on any atom is 0.0349 e. The summed E-state index contributed by atoms with van der Waals surface area (Å²) in [6.07, 6.45) is 14.0. The third-order valence-electron chi connectivity index (χ3n) is 3.44. The van der Waals surface area contributed by atoms with E-state index in [0.29, 0.717) is 11.8 Å². The summed E-state index contributed by atoms with van der Waals surface area (Å²) < 4.78 is 0. The fraction of sp³-hybridized carbons (Fsp3) is 0.375. The van der Waals surface area contributed by atoms with Gasteiger partial charge in [0.25, 0.3) is 0 Å². The van der Waals surface area contributed by atoms with Crippen molar-refractivity contribution in [2.24, 2.45) is 17.6 Å². The fourth-order valence-corrected chi connectivity index (χ4v) is 3.26. The Morgan fingerprint density at radius 1 is 1.22 bits per heavy atom. The second-order valence-electron chi connectivity index (χ2n) is 4.92. The maximum absolute atomic E-state index is 6.19. The highest BCUT2D eigenvalue weighted by Gasteiger charge is 2.21. The number of rotatable bonds is 1. The minimum Gasteiger partial charge on any atom is -0.398 e. The molecule has 0 radical (unpaired) electrons. The fourth-order valence-electron chi connectivity index (χ4n) is 2.42. The van der Waals surface area contributed by atoms with Gasteiger partial charge in [-0.2, -0.15) is 0 Å². The van der Waals surface area contributed by atoms with Crippen LogP contribution in [0, 0.1) is 11.8 Å². The standard InChI is InChI=1S/C16H21NS/c1-12-7-4-3-5-10-18-11-14(12)16-13(2)8-6-9-15(16)17/h3-7,9,11-13H,8,10,17H2,1-2H3/b5-3-,7-4-,14-11+. The van der Waals surface area contributed by atoms with Crippen molar-refractivity contribution in [3.63, 3.8) is 0 Å². The Kier molecular flexibility index (Phi) is 4.54. The minimum absolute atomic E-state index is 0.419. The van der Waals surface area contributed by atoms with E-state index in [2.05, 4.69) is 55.7 Å². The van der Waals surface area contributed by atoms with Crippen molar-refractivity contribution < 1.29 is 0 Å². The predicted molar refractivity (Wildman–Crippen MR) is 82.1 cm³/mol. The van der Waals surface area contributed by atoms with E-state index in [1.54, 1.807) is 0 Å². The van der Waals surface area contributed by atoms with Gasteiger partial charge in [-0.05, 0) is 35.0 Å². The molecule has 2 atom stereocenters. The molecule has 0 saturated heterocycles. The molecule has 0 aromatic carbocycles. The molecule has 1 aliphatic carbocycles. The van der Waals surface area contributed by atoms with Gasteiger partial charge in [0.05, 0.1) is 0 Å². The van der Waals surface area contributed by atoms with E-state index < -0.39 is 0 Å². The molecule has 1 aliphatic heterocycles. The van der Waals surface area contributed by atoms with E-state index in [-0.39, 0.29) is 0 Å². The summed E-state index contributed by atoms with van der Waals surface area (Å²) in [4.78, 5) is 0. The summed E-state index contributed by atoms with van der Waals surface area (Å²) in [6, 6.07) is 0. The third kappa shape index (κ3) is 2.99. The molecule has 1 heterocycles. The first kappa shape index (κ1) is 13.3. The number of hydrogen-bond donors (Lipinski definition) is 1. The smallest absolute Gasteiger partial charge is 0.0349 e. The number of thioether (sulfide) groups is 1. The van der Waals surface area contributed by atoms with Crippen LogP contribution in [0.5, 0.6) is 0 Å². The van der Waals surface area contributed by atoms with Crippen LogP contribution in [0.3, 0.4) is 0 Å². The second-order valence-corrected chi connectivity index (χ2v) is 5.82.